The van der Waals surface area contributed by atoms with Crippen LogP contribution in [0.15, 0.2) is 40.6 Å². The van der Waals surface area contributed by atoms with E-state index in [-0.39, 0.29) is 14.9 Å². The Labute approximate surface area is 126 Å². The van der Waals surface area contributed by atoms with Crippen molar-refractivity contribution in [2.75, 3.05) is 11.4 Å². The van der Waals surface area contributed by atoms with Crippen molar-refractivity contribution in [2.24, 2.45) is 5.73 Å². The predicted octanol–water partition coefficient (Wildman–Crippen LogP) is 1.91. The van der Waals surface area contributed by atoms with Gasteiger partial charge in [-0.2, -0.15) is 0 Å². The van der Waals surface area contributed by atoms with Crippen LogP contribution in [0.5, 0.6) is 5.75 Å². The number of thiocarbonyl (C=S) groups is 1. The summed E-state index contributed by atoms with van der Waals surface area (Å²) in [7, 11) is -2.22. The molecule has 0 bridgehead atoms. The van der Waals surface area contributed by atoms with Gasteiger partial charge in [-0.3, -0.25) is 4.31 Å². The Bertz CT molecular complexity index is 736. The molecule has 2 rings (SSSR count). The molecule has 0 saturated carbocycles. The Hall–Kier alpha value is -1.64. The summed E-state index contributed by atoms with van der Waals surface area (Å²) >= 11 is 5.85. The minimum atomic E-state index is -3.66. The van der Waals surface area contributed by atoms with Gasteiger partial charge in [0.2, 0.25) is 0 Å². The lowest BCUT2D eigenvalue weighted by Crippen LogP contribution is -2.25. The molecule has 0 aliphatic rings. The minimum Gasteiger partial charge on any atom is -0.508 e. The van der Waals surface area contributed by atoms with Crippen molar-refractivity contribution in [3.8, 4) is 5.75 Å². The lowest BCUT2D eigenvalue weighted by atomic mass is 10.3. The molecular formula is C12H12N2O3S3. The van der Waals surface area contributed by atoms with Gasteiger partial charge >= 0.3 is 0 Å². The first-order valence-corrected chi connectivity index (χ1v) is 8.16. The summed E-state index contributed by atoms with van der Waals surface area (Å²) < 4.78 is 26.2. The van der Waals surface area contributed by atoms with E-state index < -0.39 is 10.0 Å². The van der Waals surface area contributed by atoms with Gasteiger partial charge < -0.3 is 10.8 Å². The molecule has 1 aromatic carbocycles. The fraction of sp³-hybridized carbons (Fsp3) is 0.0833. The number of nitrogens with zero attached hydrogens (tertiary/aromatic N) is 1. The van der Waals surface area contributed by atoms with E-state index in [0.717, 1.165) is 15.6 Å². The highest BCUT2D eigenvalue weighted by molar-refractivity contribution is 7.94. The second-order valence-corrected chi connectivity index (χ2v) is 7.69. The number of phenols is 1. The van der Waals surface area contributed by atoms with Crippen LogP contribution in [0.1, 0.15) is 4.88 Å². The fourth-order valence-corrected chi connectivity index (χ4v) is 4.25. The van der Waals surface area contributed by atoms with Crippen LogP contribution in [-0.2, 0) is 10.0 Å². The number of benzene rings is 1. The molecule has 2 aromatic rings. The lowest BCUT2D eigenvalue weighted by molar-refractivity contribution is 0.475. The third kappa shape index (κ3) is 2.77. The second kappa shape index (κ2) is 5.39. The van der Waals surface area contributed by atoms with Crippen LogP contribution in [0.25, 0.3) is 0 Å². The smallest absolute Gasteiger partial charge is 0.273 e. The van der Waals surface area contributed by atoms with Crippen molar-refractivity contribution in [2.45, 2.75) is 4.21 Å². The zero-order valence-corrected chi connectivity index (χ0v) is 12.9. The van der Waals surface area contributed by atoms with E-state index in [9.17, 15) is 13.5 Å². The topological polar surface area (TPSA) is 83.6 Å². The summed E-state index contributed by atoms with van der Waals surface area (Å²) in [5.41, 5.74) is 5.93. The zero-order chi connectivity index (χ0) is 14.9. The molecule has 0 spiro atoms. The molecule has 0 unspecified atom stereocenters. The van der Waals surface area contributed by atoms with E-state index in [1.54, 1.807) is 6.07 Å². The molecule has 0 amide bonds. The van der Waals surface area contributed by atoms with Gasteiger partial charge in [0.1, 0.15) is 14.9 Å². The van der Waals surface area contributed by atoms with Crippen LogP contribution in [-0.4, -0.2) is 25.6 Å². The quantitative estimate of drug-likeness (QED) is 0.838. The largest absolute Gasteiger partial charge is 0.508 e. The average molecular weight is 328 g/mol. The molecule has 0 radical (unpaired) electrons. The van der Waals surface area contributed by atoms with E-state index in [2.05, 4.69) is 0 Å². The molecular weight excluding hydrogens is 316 g/mol. The second-order valence-electron chi connectivity index (χ2n) is 3.97. The molecule has 0 fully saturated rings. The maximum Gasteiger partial charge on any atom is 0.273 e. The van der Waals surface area contributed by atoms with Crippen LogP contribution in [0.3, 0.4) is 0 Å². The number of hydrogen-bond acceptors (Lipinski definition) is 5. The van der Waals surface area contributed by atoms with E-state index in [0.29, 0.717) is 10.6 Å². The van der Waals surface area contributed by atoms with Gasteiger partial charge in [0.25, 0.3) is 10.0 Å². The van der Waals surface area contributed by atoms with Crippen LogP contribution >= 0.6 is 23.6 Å². The predicted molar refractivity (Wildman–Crippen MR) is 83.9 cm³/mol. The number of thiophene rings is 1. The summed E-state index contributed by atoms with van der Waals surface area (Å²) in [4.78, 5) is 0.724. The monoisotopic (exact) mass is 328 g/mol. The summed E-state index contributed by atoms with van der Waals surface area (Å²) in [6.07, 6.45) is 0. The van der Waals surface area contributed by atoms with Crippen molar-refractivity contribution in [3.05, 3.63) is 41.3 Å². The van der Waals surface area contributed by atoms with Crippen molar-refractivity contribution in [1.82, 2.24) is 0 Å². The van der Waals surface area contributed by atoms with Gasteiger partial charge in [-0.05, 0) is 36.4 Å². The van der Waals surface area contributed by atoms with Gasteiger partial charge in [0.15, 0.2) is 0 Å². The molecule has 0 aliphatic heterocycles. The van der Waals surface area contributed by atoms with E-state index in [1.165, 1.54) is 37.4 Å². The normalized spacial score (nSPS) is 11.2. The summed E-state index contributed by atoms with van der Waals surface area (Å²) in [6.45, 7) is 0. The van der Waals surface area contributed by atoms with Crippen LogP contribution in [0.4, 0.5) is 5.69 Å². The number of nitrogens with two attached hydrogens (primary N) is 1. The first kappa shape index (κ1) is 14.8. The number of anilines is 1. The van der Waals surface area contributed by atoms with Gasteiger partial charge in [0.05, 0.1) is 10.6 Å². The Balaban J connectivity index is 2.38. The third-order valence-electron chi connectivity index (χ3n) is 2.65. The molecule has 0 saturated heterocycles. The number of rotatable bonds is 4. The number of aromatic hydroxyl groups is 1. The Morgan fingerprint density at radius 2 is 1.85 bits per heavy atom. The SMILES string of the molecule is CN(c1ccc(O)cc1)S(=O)(=O)c1ccc(C(N)=S)s1. The molecule has 1 heterocycles. The minimum absolute atomic E-state index is 0.0754. The molecule has 106 valence electrons. The summed E-state index contributed by atoms with van der Waals surface area (Å²) in [6, 6.07) is 8.96. The van der Waals surface area contributed by atoms with Crippen molar-refractivity contribution in [1.29, 1.82) is 0 Å². The zero-order valence-electron chi connectivity index (χ0n) is 10.5. The van der Waals surface area contributed by atoms with Gasteiger partial charge in [-0.1, -0.05) is 12.2 Å². The fourth-order valence-electron chi connectivity index (χ4n) is 1.53. The summed E-state index contributed by atoms with van der Waals surface area (Å²) in [5, 5.41) is 9.23. The van der Waals surface area contributed by atoms with Gasteiger partial charge in [0, 0.05) is 7.05 Å². The first-order chi connectivity index (χ1) is 9.32. The molecule has 5 nitrogen and oxygen atoms in total. The molecule has 3 N–H and O–H groups in total. The van der Waals surface area contributed by atoms with Crippen molar-refractivity contribution < 1.29 is 13.5 Å². The van der Waals surface area contributed by atoms with E-state index in [1.807, 2.05) is 0 Å². The number of sulfonamides is 1. The maximum absolute atomic E-state index is 12.4. The first-order valence-electron chi connectivity index (χ1n) is 5.50. The molecule has 0 aliphatic carbocycles. The summed E-state index contributed by atoms with van der Waals surface area (Å²) in [5.74, 6) is 0.0754. The van der Waals surface area contributed by atoms with E-state index >= 15 is 0 Å². The highest BCUT2D eigenvalue weighted by Crippen LogP contribution is 2.28. The Morgan fingerprint density at radius 3 is 2.35 bits per heavy atom. The van der Waals surface area contributed by atoms with Crippen molar-refractivity contribution >= 4 is 44.3 Å². The molecule has 1 aromatic heterocycles. The lowest BCUT2D eigenvalue weighted by Gasteiger charge is -2.18. The van der Waals surface area contributed by atoms with Gasteiger partial charge in [-0.25, -0.2) is 8.42 Å². The maximum atomic E-state index is 12.4. The number of hydrogen-bond donors (Lipinski definition) is 2. The molecule has 20 heavy (non-hydrogen) atoms. The highest BCUT2D eigenvalue weighted by atomic mass is 32.2. The van der Waals surface area contributed by atoms with Crippen molar-refractivity contribution in [3.63, 3.8) is 0 Å². The standard InChI is InChI=1S/C12H12N2O3S3/c1-14(8-2-4-9(15)5-3-8)20(16,17)11-7-6-10(19-11)12(13)18/h2-7,15H,1H3,(H2,13,18). The Kier molecular flexibility index (Phi) is 3.98. The van der Waals surface area contributed by atoms with E-state index in [4.69, 9.17) is 18.0 Å². The molecule has 8 heteroatoms. The van der Waals surface area contributed by atoms with Gasteiger partial charge in [-0.15, -0.1) is 11.3 Å². The highest BCUT2D eigenvalue weighted by Gasteiger charge is 2.23. The number of phenolic OH excluding ortho intramolecular Hbond substituents is 1. The average Bonchev–Trinajstić information content (AvgIpc) is 2.89. The van der Waals surface area contributed by atoms with Crippen LogP contribution < -0.4 is 10.0 Å². The van der Waals surface area contributed by atoms with Crippen LogP contribution in [0.2, 0.25) is 0 Å². The molecule has 0 atom stereocenters. The third-order valence-corrected chi connectivity index (χ3v) is 6.37. The Morgan fingerprint density at radius 1 is 1.25 bits per heavy atom. The van der Waals surface area contributed by atoms with Crippen LogP contribution in [0, 0.1) is 0 Å².